The maximum atomic E-state index is 13.7. The summed E-state index contributed by atoms with van der Waals surface area (Å²) in [7, 11) is 1.70. The Morgan fingerprint density at radius 3 is 2.63 bits per heavy atom. The summed E-state index contributed by atoms with van der Waals surface area (Å²) in [6, 6.07) is 2.13. The Kier molecular flexibility index (Phi) is 3.75. The van der Waals surface area contributed by atoms with Crippen LogP contribution in [-0.2, 0) is 13.5 Å². The fraction of sp³-hybridized carbons (Fsp3) is 0.250. The van der Waals surface area contributed by atoms with Crippen molar-refractivity contribution < 1.29 is 8.78 Å². The lowest BCUT2D eigenvalue weighted by atomic mass is 10.2. The summed E-state index contributed by atoms with van der Waals surface area (Å²) in [6.07, 6.45) is 0.678. The quantitative estimate of drug-likeness (QED) is 0.848. The zero-order valence-corrected chi connectivity index (χ0v) is 12.1. The van der Waals surface area contributed by atoms with E-state index in [0.717, 1.165) is 11.8 Å². The van der Waals surface area contributed by atoms with Gasteiger partial charge in [0.25, 0.3) is 0 Å². The molecule has 2 aromatic rings. The second-order valence-corrected chi connectivity index (χ2v) is 4.91. The molecule has 2 rings (SSSR count). The zero-order valence-electron chi connectivity index (χ0n) is 10.5. The number of rotatable bonds is 3. The lowest BCUT2D eigenvalue weighted by Gasteiger charge is -2.09. The number of nitrogens with one attached hydrogen (secondary N) is 1. The highest BCUT2D eigenvalue weighted by Crippen LogP contribution is 2.30. The van der Waals surface area contributed by atoms with E-state index >= 15 is 0 Å². The van der Waals surface area contributed by atoms with E-state index in [0.29, 0.717) is 17.9 Å². The summed E-state index contributed by atoms with van der Waals surface area (Å²) >= 11 is 3.01. The van der Waals surface area contributed by atoms with Crippen LogP contribution in [0.5, 0.6) is 0 Å². The summed E-state index contributed by atoms with van der Waals surface area (Å²) in [4.78, 5) is 0. The molecule has 0 aliphatic rings. The fourth-order valence-electron chi connectivity index (χ4n) is 1.75. The smallest absolute Gasteiger partial charge is 0.152 e. The van der Waals surface area contributed by atoms with Gasteiger partial charge in [0.1, 0.15) is 11.6 Å². The maximum absolute atomic E-state index is 13.7. The van der Waals surface area contributed by atoms with Gasteiger partial charge in [-0.3, -0.25) is 4.68 Å². The Labute approximate surface area is 117 Å². The number of hydrogen-bond donors (Lipinski definition) is 2. The van der Waals surface area contributed by atoms with E-state index in [1.165, 1.54) is 10.7 Å². The molecule has 0 atom stereocenters. The van der Waals surface area contributed by atoms with Crippen LogP contribution in [0.2, 0.25) is 0 Å². The Hall–Kier alpha value is -1.63. The van der Waals surface area contributed by atoms with Crippen molar-refractivity contribution in [1.82, 2.24) is 9.78 Å². The van der Waals surface area contributed by atoms with E-state index < -0.39 is 11.6 Å². The molecule has 0 bridgehead atoms. The lowest BCUT2D eigenvalue weighted by molar-refractivity contribution is 0.581. The predicted octanol–water partition coefficient (Wildman–Crippen LogP) is 3.35. The number of halogens is 3. The third kappa shape index (κ3) is 2.56. The molecule has 0 spiro atoms. The monoisotopic (exact) mass is 330 g/mol. The average molecular weight is 331 g/mol. The SMILES string of the molecule is CCc1nn(C)c(Nc2cc(Br)c(F)cc2F)c1N. The summed E-state index contributed by atoms with van der Waals surface area (Å²) in [5, 5.41) is 7.05. The third-order valence-corrected chi connectivity index (χ3v) is 3.37. The van der Waals surface area contributed by atoms with Crippen molar-refractivity contribution in [1.29, 1.82) is 0 Å². The lowest BCUT2D eigenvalue weighted by Crippen LogP contribution is -2.03. The molecule has 0 saturated heterocycles. The Morgan fingerprint density at radius 1 is 1.37 bits per heavy atom. The minimum atomic E-state index is -0.695. The summed E-state index contributed by atoms with van der Waals surface area (Å²) in [5.74, 6) is -0.871. The summed E-state index contributed by atoms with van der Waals surface area (Å²) in [6.45, 7) is 1.93. The molecule has 1 aromatic heterocycles. The van der Waals surface area contributed by atoms with Crippen LogP contribution in [0.15, 0.2) is 16.6 Å². The average Bonchev–Trinajstić information content (AvgIpc) is 2.63. The van der Waals surface area contributed by atoms with Gasteiger partial charge < -0.3 is 11.1 Å². The molecule has 0 aliphatic heterocycles. The molecule has 102 valence electrons. The van der Waals surface area contributed by atoms with Crippen molar-refractivity contribution in [2.75, 3.05) is 11.1 Å². The van der Waals surface area contributed by atoms with Crippen molar-refractivity contribution >= 4 is 33.1 Å². The number of nitrogen functional groups attached to an aromatic ring is 1. The van der Waals surface area contributed by atoms with E-state index in [-0.39, 0.29) is 10.2 Å². The number of aromatic nitrogens is 2. The molecule has 1 aromatic carbocycles. The van der Waals surface area contributed by atoms with E-state index in [9.17, 15) is 8.78 Å². The molecule has 0 fully saturated rings. The van der Waals surface area contributed by atoms with Crippen molar-refractivity contribution in [2.45, 2.75) is 13.3 Å². The van der Waals surface area contributed by atoms with Crippen LogP contribution in [-0.4, -0.2) is 9.78 Å². The van der Waals surface area contributed by atoms with Crippen LogP contribution in [0, 0.1) is 11.6 Å². The molecule has 1 heterocycles. The van der Waals surface area contributed by atoms with Crippen LogP contribution in [0.25, 0.3) is 0 Å². The van der Waals surface area contributed by atoms with E-state index in [4.69, 9.17) is 5.73 Å². The van der Waals surface area contributed by atoms with Crippen molar-refractivity contribution in [3.8, 4) is 0 Å². The molecule has 0 unspecified atom stereocenters. The van der Waals surface area contributed by atoms with Crippen molar-refractivity contribution in [3.63, 3.8) is 0 Å². The zero-order chi connectivity index (χ0) is 14.2. The molecule has 3 N–H and O–H groups in total. The van der Waals surface area contributed by atoms with Crippen molar-refractivity contribution in [3.05, 3.63) is 33.9 Å². The molecule has 0 radical (unpaired) electrons. The highest BCUT2D eigenvalue weighted by atomic mass is 79.9. The fourth-order valence-corrected chi connectivity index (χ4v) is 2.09. The minimum absolute atomic E-state index is 0.130. The van der Waals surface area contributed by atoms with Gasteiger partial charge in [-0.2, -0.15) is 5.10 Å². The Balaban J connectivity index is 2.42. The summed E-state index contributed by atoms with van der Waals surface area (Å²) in [5.41, 5.74) is 7.25. The van der Waals surface area contributed by atoms with Gasteiger partial charge in [-0.15, -0.1) is 0 Å². The highest BCUT2D eigenvalue weighted by molar-refractivity contribution is 9.10. The van der Waals surface area contributed by atoms with E-state index in [1.54, 1.807) is 7.05 Å². The molecular formula is C12H13BrF2N4. The standard InChI is InChI=1S/C12H13BrF2N4/c1-3-9-11(16)12(19(2)18-9)17-10-4-6(13)7(14)5-8(10)15/h4-5,17H,3,16H2,1-2H3. The largest absolute Gasteiger partial charge is 0.394 e. The van der Waals surface area contributed by atoms with Gasteiger partial charge >= 0.3 is 0 Å². The number of anilines is 3. The third-order valence-electron chi connectivity index (χ3n) is 2.76. The normalized spacial score (nSPS) is 10.8. The van der Waals surface area contributed by atoms with Gasteiger partial charge in [-0.05, 0) is 28.4 Å². The van der Waals surface area contributed by atoms with Gasteiger partial charge in [0.2, 0.25) is 0 Å². The second kappa shape index (κ2) is 5.16. The molecule has 0 saturated carbocycles. The van der Waals surface area contributed by atoms with Crippen LogP contribution >= 0.6 is 15.9 Å². The molecule has 19 heavy (non-hydrogen) atoms. The summed E-state index contributed by atoms with van der Waals surface area (Å²) < 4.78 is 28.5. The first-order chi connectivity index (χ1) is 8.93. The van der Waals surface area contributed by atoms with Gasteiger partial charge in [0.15, 0.2) is 5.82 Å². The topological polar surface area (TPSA) is 55.9 Å². The first-order valence-electron chi connectivity index (χ1n) is 5.67. The van der Waals surface area contributed by atoms with Gasteiger partial charge in [-0.1, -0.05) is 6.92 Å². The highest BCUT2D eigenvalue weighted by Gasteiger charge is 2.15. The molecule has 4 nitrogen and oxygen atoms in total. The van der Waals surface area contributed by atoms with E-state index in [1.807, 2.05) is 6.92 Å². The Bertz CT molecular complexity index is 625. The molecule has 0 aliphatic carbocycles. The number of nitrogens with two attached hydrogens (primary N) is 1. The van der Waals surface area contributed by atoms with Crippen LogP contribution < -0.4 is 11.1 Å². The number of hydrogen-bond acceptors (Lipinski definition) is 3. The van der Waals surface area contributed by atoms with Crippen LogP contribution in [0.1, 0.15) is 12.6 Å². The number of aryl methyl sites for hydroxylation is 2. The number of nitrogens with zero attached hydrogens (tertiary/aromatic N) is 2. The van der Waals surface area contributed by atoms with Crippen LogP contribution in [0.4, 0.5) is 26.0 Å². The van der Waals surface area contributed by atoms with Gasteiger partial charge in [0, 0.05) is 13.1 Å². The molecular weight excluding hydrogens is 318 g/mol. The van der Waals surface area contributed by atoms with Crippen LogP contribution in [0.3, 0.4) is 0 Å². The van der Waals surface area contributed by atoms with E-state index in [2.05, 4.69) is 26.3 Å². The second-order valence-electron chi connectivity index (χ2n) is 4.06. The first kappa shape index (κ1) is 13.8. The van der Waals surface area contributed by atoms with Crippen molar-refractivity contribution in [2.24, 2.45) is 7.05 Å². The molecule has 7 heteroatoms. The number of benzene rings is 1. The predicted molar refractivity (Wildman–Crippen MR) is 74.3 cm³/mol. The van der Waals surface area contributed by atoms with Gasteiger partial charge in [-0.25, -0.2) is 8.78 Å². The maximum Gasteiger partial charge on any atom is 0.152 e. The molecule has 0 amide bonds. The first-order valence-corrected chi connectivity index (χ1v) is 6.46. The minimum Gasteiger partial charge on any atom is -0.394 e. The Morgan fingerprint density at radius 2 is 2.05 bits per heavy atom. The van der Waals surface area contributed by atoms with Gasteiger partial charge in [0.05, 0.1) is 21.5 Å².